The van der Waals surface area contributed by atoms with Crippen LogP contribution in [0.2, 0.25) is 5.02 Å². The van der Waals surface area contributed by atoms with Crippen molar-refractivity contribution in [2.24, 2.45) is 5.73 Å². The van der Waals surface area contributed by atoms with E-state index in [1.807, 2.05) is 20.8 Å². The fraction of sp³-hybridized carbons (Fsp3) is 0.562. The summed E-state index contributed by atoms with van der Waals surface area (Å²) in [6.07, 6.45) is 1.86. The summed E-state index contributed by atoms with van der Waals surface area (Å²) in [4.78, 5) is 14.2. The molecule has 2 unspecified atom stereocenters. The van der Waals surface area contributed by atoms with Crippen molar-refractivity contribution < 1.29 is 9.18 Å². The third kappa shape index (κ3) is 3.22. The second-order valence-corrected chi connectivity index (χ2v) is 6.99. The molecule has 2 rings (SSSR count). The van der Waals surface area contributed by atoms with Gasteiger partial charge in [-0.25, -0.2) is 4.39 Å². The van der Waals surface area contributed by atoms with Crippen LogP contribution in [0.4, 0.5) is 4.39 Å². The molecule has 116 valence electrons. The van der Waals surface area contributed by atoms with E-state index in [0.717, 1.165) is 6.42 Å². The molecule has 5 heteroatoms. The molecule has 21 heavy (non-hydrogen) atoms. The predicted molar refractivity (Wildman–Crippen MR) is 82.6 cm³/mol. The second-order valence-electron chi connectivity index (χ2n) is 6.58. The van der Waals surface area contributed by atoms with Gasteiger partial charge in [-0.15, -0.1) is 0 Å². The van der Waals surface area contributed by atoms with Crippen LogP contribution >= 0.6 is 11.6 Å². The molecule has 0 bridgehead atoms. The van der Waals surface area contributed by atoms with E-state index in [1.165, 1.54) is 6.07 Å². The smallest absolute Gasteiger partial charge is 0.223 e. The van der Waals surface area contributed by atoms with Crippen molar-refractivity contribution in [3.63, 3.8) is 0 Å². The van der Waals surface area contributed by atoms with Crippen LogP contribution in [0, 0.1) is 5.82 Å². The van der Waals surface area contributed by atoms with Crippen LogP contribution in [0.1, 0.15) is 51.6 Å². The fourth-order valence-electron chi connectivity index (χ4n) is 3.02. The zero-order valence-electron chi connectivity index (χ0n) is 12.7. The molecule has 1 amide bonds. The number of nitrogens with two attached hydrogens (primary N) is 1. The van der Waals surface area contributed by atoms with Crippen LogP contribution in [-0.4, -0.2) is 22.4 Å². The van der Waals surface area contributed by atoms with Gasteiger partial charge in [0.15, 0.2) is 0 Å². The summed E-state index contributed by atoms with van der Waals surface area (Å²) in [6.45, 7) is 5.83. The molecule has 1 aliphatic heterocycles. The monoisotopic (exact) mass is 312 g/mol. The summed E-state index contributed by atoms with van der Waals surface area (Å²) in [5.74, 6) is -0.469. The van der Waals surface area contributed by atoms with Gasteiger partial charge < -0.3 is 10.6 Å². The highest BCUT2D eigenvalue weighted by Crippen LogP contribution is 2.37. The van der Waals surface area contributed by atoms with E-state index in [1.54, 1.807) is 17.0 Å². The largest absolute Gasteiger partial charge is 0.329 e. The average Bonchev–Trinajstić information content (AvgIpc) is 2.51. The Labute approximate surface area is 130 Å². The molecule has 0 spiro atoms. The van der Waals surface area contributed by atoms with Gasteiger partial charge in [0.05, 0.1) is 11.1 Å². The molecule has 2 N–H and O–H groups in total. The molecule has 0 saturated carbocycles. The molecule has 1 aromatic rings. The average molecular weight is 313 g/mol. The normalized spacial score (nSPS) is 24.1. The number of rotatable bonds is 1. The number of hydrogen-bond acceptors (Lipinski definition) is 2. The molecule has 1 saturated heterocycles. The number of carbonyl (C=O) groups is 1. The molecule has 1 fully saturated rings. The Hall–Kier alpha value is -1.13. The Balaban J connectivity index is 2.57. The van der Waals surface area contributed by atoms with Crippen LogP contribution in [0.3, 0.4) is 0 Å². The Bertz CT molecular complexity index is 542. The molecular formula is C16H22ClFN2O. The second kappa shape index (κ2) is 5.93. The van der Waals surface area contributed by atoms with E-state index >= 15 is 0 Å². The number of carbonyl (C=O) groups excluding carboxylic acids is 1. The minimum Gasteiger partial charge on any atom is -0.329 e. The molecule has 1 aromatic carbocycles. The Morgan fingerprint density at radius 3 is 2.67 bits per heavy atom. The molecule has 2 atom stereocenters. The lowest BCUT2D eigenvalue weighted by molar-refractivity contribution is -0.139. The maximum absolute atomic E-state index is 14.5. The molecule has 1 aliphatic rings. The van der Waals surface area contributed by atoms with E-state index in [9.17, 15) is 9.18 Å². The third-order valence-electron chi connectivity index (χ3n) is 3.90. The maximum atomic E-state index is 14.5. The zero-order chi connectivity index (χ0) is 15.8. The Morgan fingerprint density at radius 2 is 2.05 bits per heavy atom. The minimum atomic E-state index is -0.487. The lowest BCUT2D eigenvalue weighted by Gasteiger charge is -2.43. The summed E-state index contributed by atoms with van der Waals surface area (Å²) in [5, 5.41) is 0.0604. The van der Waals surface area contributed by atoms with Gasteiger partial charge in [0.1, 0.15) is 5.82 Å². The van der Waals surface area contributed by atoms with Crippen molar-refractivity contribution >= 4 is 17.5 Å². The van der Waals surface area contributed by atoms with Gasteiger partial charge in [0, 0.05) is 23.6 Å². The van der Waals surface area contributed by atoms with Gasteiger partial charge in [-0.2, -0.15) is 0 Å². The zero-order valence-corrected chi connectivity index (χ0v) is 13.5. The summed E-state index contributed by atoms with van der Waals surface area (Å²) < 4.78 is 14.5. The van der Waals surface area contributed by atoms with E-state index in [-0.39, 0.29) is 17.0 Å². The van der Waals surface area contributed by atoms with Gasteiger partial charge >= 0.3 is 0 Å². The first-order valence-corrected chi connectivity index (χ1v) is 7.63. The lowest BCUT2D eigenvalue weighted by Crippen LogP contribution is -2.51. The quantitative estimate of drug-likeness (QED) is 0.860. The van der Waals surface area contributed by atoms with Gasteiger partial charge in [0.2, 0.25) is 5.91 Å². The molecule has 0 aromatic heterocycles. The SMILES string of the molecule is CC(C)(C)N1C(=O)CCCC(N)C1c1cccc(Cl)c1F. The van der Waals surface area contributed by atoms with Crippen molar-refractivity contribution in [3.8, 4) is 0 Å². The summed E-state index contributed by atoms with van der Waals surface area (Å²) in [7, 11) is 0. The van der Waals surface area contributed by atoms with Crippen molar-refractivity contribution in [2.75, 3.05) is 0 Å². The number of benzene rings is 1. The maximum Gasteiger partial charge on any atom is 0.223 e. The van der Waals surface area contributed by atoms with Gasteiger partial charge in [-0.3, -0.25) is 4.79 Å². The Kier molecular flexibility index (Phi) is 4.59. The van der Waals surface area contributed by atoms with Crippen molar-refractivity contribution in [2.45, 2.75) is 57.7 Å². The van der Waals surface area contributed by atoms with E-state index < -0.39 is 17.4 Å². The molecule has 0 aliphatic carbocycles. The first kappa shape index (κ1) is 16.2. The van der Waals surface area contributed by atoms with Gasteiger partial charge in [-0.1, -0.05) is 23.7 Å². The number of amides is 1. The number of halogens is 2. The van der Waals surface area contributed by atoms with Gasteiger partial charge in [0.25, 0.3) is 0 Å². The fourth-order valence-corrected chi connectivity index (χ4v) is 3.21. The summed E-state index contributed by atoms with van der Waals surface area (Å²) >= 11 is 5.90. The third-order valence-corrected chi connectivity index (χ3v) is 4.20. The summed E-state index contributed by atoms with van der Waals surface area (Å²) in [6, 6.07) is 4.08. The topological polar surface area (TPSA) is 46.3 Å². The standard InChI is InChI=1S/C16H22ClFN2O/c1-16(2,3)20-13(21)9-5-8-12(19)15(20)10-6-4-7-11(17)14(10)18/h4,6-7,12,15H,5,8-9,19H2,1-3H3. The lowest BCUT2D eigenvalue weighted by atomic mass is 9.92. The first-order chi connectivity index (χ1) is 9.73. The van der Waals surface area contributed by atoms with Crippen LogP contribution in [0.15, 0.2) is 18.2 Å². The predicted octanol–water partition coefficient (Wildman–Crippen LogP) is 3.66. The van der Waals surface area contributed by atoms with Crippen molar-refractivity contribution in [1.29, 1.82) is 0 Å². The number of nitrogens with zero attached hydrogens (tertiary/aromatic N) is 1. The van der Waals surface area contributed by atoms with Crippen LogP contribution in [0.5, 0.6) is 0 Å². The highest BCUT2D eigenvalue weighted by molar-refractivity contribution is 6.30. The van der Waals surface area contributed by atoms with Crippen LogP contribution < -0.4 is 5.73 Å². The highest BCUT2D eigenvalue weighted by Gasteiger charge is 2.40. The summed E-state index contributed by atoms with van der Waals surface area (Å²) in [5.41, 5.74) is 6.25. The van der Waals surface area contributed by atoms with E-state index in [4.69, 9.17) is 17.3 Å². The van der Waals surface area contributed by atoms with Crippen molar-refractivity contribution in [1.82, 2.24) is 4.90 Å². The number of likely N-dealkylation sites (tertiary alicyclic amines) is 1. The molecule has 1 heterocycles. The number of hydrogen-bond donors (Lipinski definition) is 1. The molecular weight excluding hydrogens is 291 g/mol. The molecule has 3 nitrogen and oxygen atoms in total. The van der Waals surface area contributed by atoms with Crippen LogP contribution in [0.25, 0.3) is 0 Å². The minimum absolute atomic E-state index is 0.0137. The van der Waals surface area contributed by atoms with Gasteiger partial charge in [-0.05, 0) is 39.7 Å². The highest BCUT2D eigenvalue weighted by atomic mass is 35.5. The molecule has 0 radical (unpaired) electrons. The van der Waals surface area contributed by atoms with E-state index in [0.29, 0.717) is 18.4 Å². The van der Waals surface area contributed by atoms with E-state index in [2.05, 4.69) is 0 Å². The first-order valence-electron chi connectivity index (χ1n) is 7.25. The van der Waals surface area contributed by atoms with Crippen LogP contribution in [-0.2, 0) is 4.79 Å². The van der Waals surface area contributed by atoms with Crippen molar-refractivity contribution in [3.05, 3.63) is 34.6 Å². The Morgan fingerprint density at radius 1 is 1.38 bits per heavy atom.